The maximum atomic E-state index is 12.3. The van der Waals surface area contributed by atoms with Crippen molar-refractivity contribution in [2.75, 3.05) is 0 Å². The predicted octanol–water partition coefficient (Wildman–Crippen LogP) is 2.86. The Kier molecular flexibility index (Phi) is 7.52. The van der Waals surface area contributed by atoms with Gasteiger partial charge in [0.05, 0.1) is 6.10 Å². The van der Waals surface area contributed by atoms with Crippen molar-refractivity contribution in [3.8, 4) is 17.1 Å². The lowest BCUT2D eigenvalue weighted by Crippen LogP contribution is -2.32. The highest BCUT2D eigenvalue weighted by Gasteiger charge is 2.11. The number of ether oxygens (including phenoxy) is 1. The number of aryl methyl sites for hydroxylation is 1. The fourth-order valence-electron chi connectivity index (χ4n) is 2.37. The van der Waals surface area contributed by atoms with E-state index in [9.17, 15) is 9.59 Å². The Morgan fingerprint density at radius 1 is 1.22 bits per heavy atom. The topological polar surface area (TPSA) is 97.0 Å². The Labute approximate surface area is 159 Å². The number of carbonyl (C=O) groups excluding carboxylic acids is 1. The normalized spacial score (nSPS) is 13.0. The Hall–Kier alpha value is -2.70. The van der Waals surface area contributed by atoms with Crippen LogP contribution in [-0.2, 0) is 11.2 Å². The summed E-state index contributed by atoms with van der Waals surface area (Å²) in [5.41, 5.74) is 0.649. The van der Waals surface area contributed by atoms with Crippen LogP contribution in [-0.4, -0.2) is 33.2 Å². The van der Waals surface area contributed by atoms with Crippen LogP contribution >= 0.6 is 0 Å². The molecule has 146 valence electrons. The molecular formula is C20H28N4O3. The molecule has 0 aliphatic rings. The minimum atomic E-state index is -0.329. The van der Waals surface area contributed by atoms with Crippen molar-refractivity contribution >= 4 is 5.91 Å². The maximum absolute atomic E-state index is 12.3. The number of carbonyl (C=O) groups is 1. The van der Waals surface area contributed by atoms with E-state index in [-0.39, 0.29) is 42.1 Å². The molecule has 0 fully saturated rings. The monoisotopic (exact) mass is 372 g/mol. The molecule has 2 N–H and O–H groups in total. The van der Waals surface area contributed by atoms with Gasteiger partial charge in [-0.2, -0.15) is 0 Å². The van der Waals surface area contributed by atoms with Crippen molar-refractivity contribution in [2.45, 2.75) is 65.5 Å². The first kappa shape index (κ1) is 20.6. The first-order valence-electron chi connectivity index (χ1n) is 9.45. The van der Waals surface area contributed by atoms with Gasteiger partial charge >= 0.3 is 0 Å². The first-order valence-corrected chi connectivity index (χ1v) is 9.45. The average molecular weight is 372 g/mol. The molecule has 0 saturated heterocycles. The number of rotatable bonds is 9. The van der Waals surface area contributed by atoms with Crippen LogP contribution in [0.5, 0.6) is 5.75 Å². The van der Waals surface area contributed by atoms with Gasteiger partial charge in [-0.25, -0.2) is 0 Å². The quantitative estimate of drug-likeness (QED) is 0.705. The highest BCUT2D eigenvalue weighted by Crippen LogP contribution is 2.21. The molecule has 0 aliphatic heterocycles. The van der Waals surface area contributed by atoms with Gasteiger partial charge in [0.1, 0.15) is 11.4 Å². The number of aromatic amines is 1. The summed E-state index contributed by atoms with van der Waals surface area (Å²) < 4.78 is 5.80. The third-order valence-corrected chi connectivity index (χ3v) is 4.39. The van der Waals surface area contributed by atoms with E-state index in [1.54, 1.807) is 0 Å². The van der Waals surface area contributed by atoms with E-state index in [0.717, 1.165) is 24.2 Å². The summed E-state index contributed by atoms with van der Waals surface area (Å²) in [4.78, 5) is 26.9. The van der Waals surface area contributed by atoms with Crippen LogP contribution in [0.25, 0.3) is 11.4 Å². The minimum Gasteiger partial charge on any atom is -0.491 e. The molecule has 2 atom stereocenters. The lowest BCUT2D eigenvalue weighted by molar-refractivity contribution is -0.121. The van der Waals surface area contributed by atoms with E-state index in [1.807, 2.05) is 45.0 Å². The smallest absolute Gasteiger partial charge is 0.273 e. The Balaban J connectivity index is 2.07. The maximum Gasteiger partial charge on any atom is 0.273 e. The van der Waals surface area contributed by atoms with Crippen molar-refractivity contribution in [3.63, 3.8) is 0 Å². The molecule has 7 heteroatoms. The molecule has 0 bridgehead atoms. The Bertz CT molecular complexity index is 819. The third kappa shape index (κ3) is 6.20. The van der Waals surface area contributed by atoms with Gasteiger partial charge in [-0.15, -0.1) is 10.2 Å². The van der Waals surface area contributed by atoms with Crippen LogP contribution in [0.4, 0.5) is 0 Å². The van der Waals surface area contributed by atoms with Gasteiger partial charge in [0.15, 0.2) is 5.82 Å². The molecule has 0 aliphatic carbocycles. The van der Waals surface area contributed by atoms with E-state index >= 15 is 0 Å². The van der Waals surface area contributed by atoms with E-state index in [2.05, 4.69) is 27.4 Å². The molecule has 2 rings (SSSR count). The highest BCUT2D eigenvalue weighted by molar-refractivity contribution is 5.76. The molecule has 1 aromatic carbocycles. The number of hydrogen-bond donors (Lipinski definition) is 2. The molecule has 0 radical (unpaired) electrons. The Morgan fingerprint density at radius 2 is 2.00 bits per heavy atom. The average Bonchev–Trinajstić information content (AvgIpc) is 2.66. The number of nitrogens with zero attached hydrogens (tertiary/aromatic N) is 2. The van der Waals surface area contributed by atoms with E-state index in [1.165, 1.54) is 0 Å². The molecule has 0 unspecified atom stereocenters. The summed E-state index contributed by atoms with van der Waals surface area (Å²) in [6.45, 7) is 8.00. The van der Waals surface area contributed by atoms with E-state index in [0.29, 0.717) is 5.82 Å². The summed E-state index contributed by atoms with van der Waals surface area (Å²) in [6, 6.07) is 7.49. The molecule has 1 aromatic heterocycles. The van der Waals surface area contributed by atoms with Gasteiger partial charge in [-0.05, 0) is 38.8 Å². The zero-order valence-electron chi connectivity index (χ0n) is 16.4. The van der Waals surface area contributed by atoms with E-state index in [4.69, 9.17) is 4.74 Å². The fourth-order valence-corrected chi connectivity index (χ4v) is 2.37. The number of amides is 1. The van der Waals surface area contributed by atoms with Gasteiger partial charge in [-0.3, -0.25) is 9.59 Å². The van der Waals surface area contributed by atoms with Gasteiger partial charge in [0, 0.05) is 24.4 Å². The predicted molar refractivity (Wildman–Crippen MR) is 105 cm³/mol. The molecule has 27 heavy (non-hydrogen) atoms. The second kappa shape index (κ2) is 9.85. The summed E-state index contributed by atoms with van der Waals surface area (Å²) in [6.07, 6.45) is 2.33. The second-order valence-electron chi connectivity index (χ2n) is 6.69. The first-order chi connectivity index (χ1) is 12.9. The van der Waals surface area contributed by atoms with Gasteiger partial charge < -0.3 is 15.0 Å². The van der Waals surface area contributed by atoms with Gasteiger partial charge in [0.2, 0.25) is 5.91 Å². The SMILES string of the molecule is CC[C@@H](C)NC(=O)CCc1nnc(-c2cccc(O[C@@H](C)CC)c2)[nH]c1=O. The zero-order chi connectivity index (χ0) is 19.8. The highest BCUT2D eigenvalue weighted by atomic mass is 16.5. The lowest BCUT2D eigenvalue weighted by Gasteiger charge is -2.13. The van der Waals surface area contributed by atoms with Crippen molar-refractivity contribution in [1.29, 1.82) is 0 Å². The van der Waals surface area contributed by atoms with Crippen LogP contribution in [0, 0.1) is 0 Å². The second-order valence-corrected chi connectivity index (χ2v) is 6.69. The van der Waals surface area contributed by atoms with E-state index < -0.39 is 0 Å². The van der Waals surface area contributed by atoms with Crippen LogP contribution < -0.4 is 15.6 Å². The molecule has 1 heterocycles. The van der Waals surface area contributed by atoms with Crippen molar-refractivity contribution in [2.24, 2.45) is 0 Å². The molecular weight excluding hydrogens is 344 g/mol. The molecule has 7 nitrogen and oxygen atoms in total. The van der Waals surface area contributed by atoms with Crippen LogP contribution in [0.1, 0.15) is 52.7 Å². The fraction of sp³-hybridized carbons (Fsp3) is 0.500. The van der Waals surface area contributed by atoms with Gasteiger partial charge in [-0.1, -0.05) is 26.0 Å². The number of H-pyrrole nitrogens is 1. The number of hydrogen-bond acceptors (Lipinski definition) is 5. The zero-order valence-corrected chi connectivity index (χ0v) is 16.4. The number of benzene rings is 1. The van der Waals surface area contributed by atoms with Crippen molar-refractivity contribution in [3.05, 3.63) is 40.3 Å². The third-order valence-electron chi connectivity index (χ3n) is 4.39. The lowest BCUT2D eigenvalue weighted by atomic mass is 10.2. The van der Waals surface area contributed by atoms with Crippen molar-refractivity contribution < 1.29 is 9.53 Å². The molecule has 0 spiro atoms. The van der Waals surface area contributed by atoms with Crippen molar-refractivity contribution in [1.82, 2.24) is 20.5 Å². The standard InChI is InChI=1S/C20H28N4O3/c1-5-13(3)21-18(25)11-10-17-20(26)22-19(24-23-17)15-8-7-9-16(12-15)27-14(4)6-2/h7-9,12-14H,5-6,10-11H2,1-4H3,(H,21,25)(H,22,24,26)/t13-,14+/m1/s1. The van der Waals surface area contributed by atoms with Crippen LogP contribution in [0.15, 0.2) is 29.1 Å². The number of aromatic nitrogens is 3. The summed E-state index contributed by atoms with van der Waals surface area (Å²) >= 11 is 0. The molecule has 0 saturated carbocycles. The Morgan fingerprint density at radius 3 is 2.67 bits per heavy atom. The number of nitrogens with one attached hydrogen (secondary N) is 2. The summed E-state index contributed by atoms with van der Waals surface area (Å²) in [5, 5.41) is 11.0. The summed E-state index contributed by atoms with van der Waals surface area (Å²) in [7, 11) is 0. The minimum absolute atomic E-state index is 0.0930. The molecule has 2 aromatic rings. The van der Waals surface area contributed by atoms with Crippen LogP contribution in [0.2, 0.25) is 0 Å². The van der Waals surface area contributed by atoms with Gasteiger partial charge in [0.25, 0.3) is 5.56 Å². The van der Waals surface area contributed by atoms with Crippen LogP contribution in [0.3, 0.4) is 0 Å². The summed E-state index contributed by atoms with van der Waals surface area (Å²) in [5.74, 6) is 1.00. The largest absolute Gasteiger partial charge is 0.491 e. The molecule has 1 amide bonds.